The first kappa shape index (κ1) is 13.6. The predicted molar refractivity (Wildman–Crippen MR) is 68.3 cm³/mol. The van der Waals surface area contributed by atoms with Gasteiger partial charge in [-0.05, 0) is 32.6 Å². The van der Waals surface area contributed by atoms with Crippen molar-refractivity contribution >= 4 is 6.03 Å². The highest BCUT2D eigenvalue weighted by molar-refractivity contribution is 5.74. The molecule has 0 bridgehead atoms. The lowest BCUT2D eigenvalue weighted by molar-refractivity contribution is -0.169. The molecule has 2 unspecified atom stereocenters. The van der Waals surface area contributed by atoms with Crippen molar-refractivity contribution in [2.24, 2.45) is 5.41 Å². The second kappa shape index (κ2) is 5.89. The van der Waals surface area contributed by atoms with Gasteiger partial charge in [-0.3, -0.25) is 0 Å². The molecule has 0 aromatic carbocycles. The number of aliphatic hydroxyl groups is 1. The molecule has 2 atom stereocenters. The molecular weight excluding hydrogens is 232 g/mol. The van der Waals surface area contributed by atoms with Crippen molar-refractivity contribution in [1.82, 2.24) is 10.6 Å². The summed E-state index contributed by atoms with van der Waals surface area (Å²) in [5, 5.41) is 14.5. The first-order valence-electron chi connectivity index (χ1n) is 7.00. The smallest absolute Gasteiger partial charge is 0.315 e. The zero-order valence-electron chi connectivity index (χ0n) is 11.1. The van der Waals surface area contributed by atoms with Gasteiger partial charge in [0, 0.05) is 31.2 Å². The molecule has 0 saturated heterocycles. The molecule has 18 heavy (non-hydrogen) atoms. The maximum absolute atomic E-state index is 11.7. The number of urea groups is 1. The van der Waals surface area contributed by atoms with Gasteiger partial charge < -0.3 is 20.5 Å². The Morgan fingerprint density at radius 2 is 2.28 bits per heavy atom. The first-order chi connectivity index (χ1) is 8.73. The number of hydrogen-bond acceptors (Lipinski definition) is 3. The third-order valence-corrected chi connectivity index (χ3v) is 4.36. The summed E-state index contributed by atoms with van der Waals surface area (Å²) in [7, 11) is 0. The standard InChI is InChI=1S/C13H24N2O3/c1-2-18-11-9-10(13(11)5-3-6-13)15-12(17)14-7-4-8-16/h10-11,16H,2-9H2,1H3,(H2,14,15,17). The Kier molecular flexibility index (Phi) is 4.45. The van der Waals surface area contributed by atoms with Crippen molar-refractivity contribution < 1.29 is 14.6 Å². The van der Waals surface area contributed by atoms with E-state index in [9.17, 15) is 4.79 Å². The van der Waals surface area contributed by atoms with Crippen molar-refractivity contribution in [2.45, 2.75) is 51.2 Å². The number of amides is 2. The van der Waals surface area contributed by atoms with Crippen molar-refractivity contribution in [1.29, 1.82) is 0 Å². The second-order valence-corrected chi connectivity index (χ2v) is 5.30. The largest absolute Gasteiger partial charge is 0.396 e. The Morgan fingerprint density at radius 3 is 2.83 bits per heavy atom. The summed E-state index contributed by atoms with van der Waals surface area (Å²) < 4.78 is 5.74. The first-order valence-corrected chi connectivity index (χ1v) is 7.00. The van der Waals surface area contributed by atoms with Crippen LogP contribution in [0.4, 0.5) is 4.79 Å². The van der Waals surface area contributed by atoms with Crippen LogP contribution in [0.3, 0.4) is 0 Å². The SMILES string of the molecule is CCOC1CC(NC(=O)NCCCO)C12CCC2. The summed E-state index contributed by atoms with van der Waals surface area (Å²) in [6.07, 6.45) is 5.44. The molecule has 104 valence electrons. The van der Waals surface area contributed by atoms with Crippen LogP contribution in [0.15, 0.2) is 0 Å². The van der Waals surface area contributed by atoms with Crippen LogP contribution < -0.4 is 10.6 Å². The molecule has 2 amide bonds. The number of rotatable bonds is 6. The molecule has 2 rings (SSSR count). The van der Waals surface area contributed by atoms with Crippen LogP contribution in [0.1, 0.15) is 39.0 Å². The van der Waals surface area contributed by atoms with Gasteiger partial charge >= 0.3 is 6.03 Å². The molecule has 0 radical (unpaired) electrons. The number of carbonyl (C=O) groups excluding carboxylic acids is 1. The van der Waals surface area contributed by atoms with Crippen LogP contribution in [-0.2, 0) is 4.74 Å². The Hall–Kier alpha value is -0.810. The fourth-order valence-corrected chi connectivity index (χ4v) is 3.13. The molecule has 0 aliphatic heterocycles. The van der Waals surface area contributed by atoms with E-state index < -0.39 is 0 Å². The third-order valence-electron chi connectivity index (χ3n) is 4.36. The molecule has 5 heteroatoms. The summed E-state index contributed by atoms with van der Waals surface area (Å²) in [6, 6.07) is 0.145. The molecule has 2 aliphatic rings. The van der Waals surface area contributed by atoms with Gasteiger partial charge in [0.25, 0.3) is 0 Å². The van der Waals surface area contributed by atoms with E-state index in [1.165, 1.54) is 19.3 Å². The fraction of sp³-hybridized carbons (Fsp3) is 0.923. The summed E-state index contributed by atoms with van der Waals surface area (Å²) in [5.41, 5.74) is 0.213. The monoisotopic (exact) mass is 256 g/mol. The molecule has 0 heterocycles. The molecular formula is C13H24N2O3. The van der Waals surface area contributed by atoms with E-state index in [1.807, 2.05) is 6.92 Å². The summed E-state index contributed by atoms with van der Waals surface area (Å²) in [6.45, 7) is 3.41. The van der Waals surface area contributed by atoms with Crippen LogP contribution in [0, 0.1) is 5.41 Å². The zero-order chi connectivity index (χ0) is 13.0. The van der Waals surface area contributed by atoms with Gasteiger partial charge in [-0.25, -0.2) is 4.79 Å². The molecule has 2 fully saturated rings. The normalized spacial score (nSPS) is 28.3. The molecule has 1 spiro atoms. The van der Waals surface area contributed by atoms with Crippen molar-refractivity contribution in [3.05, 3.63) is 0 Å². The maximum Gasteiger partial charge on any atom is 0.315 e. The van der Waals surface area contributed by atoms with E-state index in [0.29, 0.717) is 19.1 Å². The van der Waals surface area contributed by atoms with E-state index in [1.54, 1.807) is 0 Å². The summed E-state index contributed by atoms with van der Waals surface area (Å²) in [5.74, 6) is 0. The molecule has 0 aromatic heterocycles. The lowest BCUT2D eigenvalue weighted by Gasteiger charge is -2.60. The van der Waals surface area contributed by atoms with Gasteiger partial charge in [-0.15, -0.1) is 0 Å². The minimum absolute atomic E-state index is 0.111. The zero-order valence-corrected chi connectivity index (χ0v) is 11.1. The van der Waals surface area contributed by atoms with Crippen molar-refractivity contribution in [2.75, 3.05) is 19.8 Å². The van der Waals surface area contributed by atoms with Crippen LogP contribution in [0.2, 0.25) is 0 Å². The van der Waals surface area contributed by atoms with Gasteiger partial charge in [-0.1, -0.05) is 6.42 Å². The molecule has 2 saturated carbocycles. The summed E-state index contributed by atoms with van der Waals surface area (Å²) >= 11 is 0. The van der Waals surface area contributed by atoms with Crippen LogP contribution in [-0.4, -0.2) is 43.0 Å². The summed E-state index contributed by atoms with van der Waals surface area (Å²) in [4.78, 5) is 11.7. The Balaban J connectivity index is 1.75. The Bertz CT molecular complexity index is 292. The van der Waals surface area contributed by atoms with Crippen LogP contribution >= 0.6 is 0 Å². The van der Waals surface area contributed by atoms with E-state index in [-0.39, 0.29) is 24.1 Å². The highest BCUT2D eigenvalue weighted by Crippen LogP contribution is 2.57. The minimum atomic E-state index is -0.116. The number of nitrogens with one attached hydrogen (secondary N) is 2. The van der Waals surface area contributed by atoms with E-state index in [2.05, 4.69) is 10.6 Å². The van der Waals surface area contributed by atoms with Gasteiger partial charge in [-0.2, -0.15) is 0 Å². The van der Waals surface area contributed by atoms with Gasteiger partial charge in [0.1, 0.15) is 0 Å². The van der Waals surface area contributed by atoms with E-state index in [0.717, 1.165) is 13.0 Å². The average Bonchev–Trinajstić information content (AvgIpc) is 2.25. The molecule has 3 N–H and O–H groups in total. The minimum Gasteiger partial charge on any atom is -0.396 e. The third kappa shape index (κ3) is 2.47. The van der Waals surface area contributed by atoms with Gasteiger partial charge in [0.05, 0.1) is 6.10 Å². The van der Waals surface area contributed by atoms with Gasteiger partial charge in [0.2, 0.25) is 0 Å². The van der Waals surface area contributed by atoms with Crippen LogP contribution in [0.25, 0.3) is 0 Å². The lowest BCUT2D eigenvalue weighted by Crippen LogP contribution is -2.68. The molecule has 2 aliphatic carbocycles. The molecule has 0 aromatic rings. The highest BCUT2D eigenvalue weighted by Gasteiger charge is 2.59. The number of aliphatic hydroxyl groups excluding tert-OH is 1. The van der Waals surface area contributed by atoms with E-state index in [4.69, 9.17) is 9.84 Å². The van der Waals surface area contributed by atoms with Gasteiger partial charge in [0.15, 0.2) is 0 Å². The van der Waals surface area contributed by atoms with Crippen LogP contribution in [0.5, 0.6) is 0 Å². The van der Waals surface area contributed by atoms with E-state index >= 15 is 0 Å². The number of hydrogen-bond donors (Lipinski definition) is 3. The topological polar surface area (TPSA) is 70.6 Å². The Labute approximate surface area is 108 Å². The van der Waals surface area contributed by atoms with Crippen molar-refractivity contribution in [3.63, 3.8) is 0 Å². The van der Waals surface area contributed by atoms with Crippen molar-refractivity contribution in [3.8, 4) is 0 Å². The number of ether oxygens (including phenoxy) is 1. The lowest BCUT2D eigenvalue weighted by atomic mass is 9.51. The quantitative estimate of drug-likeness (QED) is 0.621. The molecule has 5 nitrogen and oxygen atoms in total. The fourth-order valence-electron chi connectivity index (χ4n) is 3.13. The predicted octanol–water partition coefficient (Wildman–Crippen LogP) is 1.02. The number of carbonyl (C=O) groups is 1. The Morgan fingerprint density at radius 1 is 1.50 bits per heavy atom. The average molecular weight is 256 g/mol. The second-order valence-electron chi connectivity index (χ2n) is 5.30. The maximum atomic E-state index is 11.7. The highest BCUT2D eigenvalue weighted by atomic mass is 16.5.